The Hall–Kier alpha value is -2.43. The SMILES string of the molecule is CC(Oc1cccc(N(C)C)c1)c1ccc(C(=O)O)o1. The summed E-state index contributed by atoms with van der Waals surface area (Å²) in [5.41, 5.74) is 1.03. The minimum Gasteiger partial charge on any atom is -0.483 e. The van der Waals surface area contributed by atoms with Gasteiger partial charge in [-0.05, 0) is 31.2 Å². The second kappa shape index (κ2) is 5.69. The quantitative estimate of drug-likeness (QED) is 0.908. The van der Waals surface area contributed by atoms with E-state index >= 15 is 0 Å². The average Bonchev–Trinajstić information content (AvgIpc) is 2.88. The number of hydrogen-bond donors (Lipinski definition) is 1. The zero-order valence-corrected chi connectivity index (χ0v) is 11.7. The molecule has 0 saturated carbocycles. The molecule has 1 N–H and O–H groups in total. The van der Waals surface area contributed by atoms with Crippen molar-refractivity contribution in [1.29, 1.82) is 0 Å². The molecule has 1 aromatic heterocycles. The molecule has 2 aromatic rings. The molecule has 0 amide bonds. The molecule has 0 radical (unpaired) electrons. The summed E-state index contributed by atoms with van der Waals surface area (Å²) in [6.07, 6.45) is -0.361. The molecule has 0 spiro atoms. The topological polar surface area (TPSA) is 62.9 Å². The Balaban J connectivity index is 2.12. The van der Waals surface area contributed by atoms with Crippen LogP contribution >= 0.6 is 0 Å². The van der Waals surface area contributed by atoms with Gasteiger partial charge >= 0.3 is 5.97 Å². The number of rotatable bonds is 5. The van der Waals surface area contributed by atoms with E-state index in [1.165, 1.54) is 6.07 Å². The van der Waals surface area contributed by atoms with Crippen LogP contribution < -0.4 is 9.64 Å². The van der Waals surface area contributed by atoms with Gasteiger partial charge in [0.25, 0.3) is 0 Å². The van der Waals surface area contributed by atoms with Gasteiger partial charge in [0.1, 0.15) is 11.5 Å². The molecule has 2 rings (SSSR count). The van der Waals surface area contributed by atoms with Gasteiger partial charge in [0.2, 0.25) is 5.76 Å². The lowest BCUT2D eigenvalue weighted by molar-refractivity contribution is 0.0655. The normalized spacial score (nSPS) is 11.9. The highest BCUT2D eigenvalue weighted by Gasteiger charge is 2.15. The molecule has 5 nitrogen and oxygen atoms in total. The number of anilines is 1. The Kier molecular flexibility index (Phi) is 3.98. The summed E-state index contributed by atoms with van der Waals surface area (Å²) in [7, 11) is 3.91. The first-order valence-corrected chi connectivity index (χ1v) is 6.24. The lowest BCUT2D eigenvalue weighted by Crippen LogP contribution is -2.09. The molecule has 0 fully saturated rings. The van der Waals surface area contributed by atoms with Gasteiger partial charge in [-0.1, -0.05) is 6.07 Å². The van der Waals surface area contributed by atoms with Crippen molar-refractivity contribution in [1.82, 2.24) is 0 Å². The molecule has 1 unspecified atom stereocenters. The second-order valence-corrected chi connectivity index (χ2v) is 4.66. The maximum absolute atomic E-state index is 10.8. The van der Waals surface area contributed by atoms with Crippen LogP contribution in [0.2, 0.25) is 0 Å². The summed E-state index contributed by atoms with van der Waals surface area (Å²) in [5, 5.41) is 8.83. The van der Waals surface area contributed by atoms with E-state index < -0.39 is 5.97 Å². The van der Waals surface area contributed by atoms with Gasteiger partial charge in [-0.3, -0.25) is 0 Å². The first kappa shape index (κ1) is 14.0. The van der Waals surface area contributed by atoms with E-state index in [4.69, 9.17) is 14.3 Å². The van der Waals surface area contributed by atoms with Crippen LogP contribution in [0.25, 0.3) is 0 Å². The predicted octanol–water partition coefficient (Wildman–Crippen LogP) is 3.18. The number of carboxylic acid groups (broad SMARTS) is 1. The molecule has 106 valence electrons. The number of ether oxygens (including phenoxy) is 1. The molecule has 0 aliphatic carbocycles. The summed E-state index contributed by atoms with van der Waals surface area (Å²) in [4.78, 5) is 12.8. The predicted molar refractivity (Wildman–Crippen MR) is 75.5 cm³/mol. The highest BCUT2D eigenvalue weighted by molar-refractivity contribution is 5.84. The van der Waals surface area contributed by atoms with E-state index in [2.05, 4.69) is 0 Å². The standard InChI is InChI=1S/C15H17NO4/c1-10(13-7-8-14(20-13)15(17)18)19-12-6-4-5-11(9-12)16(2)3/h4-10H,1-3H3,(H,17,18). The third-order valence-electron chi connectivity index (χ3n) is 2.89. The fourth-order valence-corrected chi connectivity index (χ4v) is 1.78. The maximum Gasteiger partial charge on any atom is 0.371 e. The van der Waals surface area contributed by atoms with Gasteiger partial charge < -0.3 is 19.2 Å². The third-order valence-corrected chi connectivity index (χ3v) is 2.89. The van der Waals surface area contributed by atoms with Gasteiger partial charge in [0, 0.05) is 25.8 Å². The molecule has 1 atom stereocenters. The Morgan fingerprint density at radius 3 is 2.65 bits per heavy atom. The smallest absolute Gasteiger partial charge is 0.371 e. The van der Waals surface area contributed by atoms with E-state index in [1.54, 1.807) is 6.07 Å². The second-order valence-electron chi connectivity index (χ2n) is 4.66. The van der Waals surface area contributed by atoms with E-state index in [0.29, 0.717) is 11.5 Å². The molecular weight excluding hydrogens is 258 g/mol. The van der Waals surface area contributed by atoms with Crippen molar-refractivity contribution in [3.63, 3.8) is 0 Å². The number of hydrogen-bond acceptors (Lipinski definition) is 4. The van der Waals surface area contributed by atoms with Crippen molar-refractivity contribution in [3.8, 4) is 5.75 Å². The fraction of sp³-hybridized carbons (Fsp3) is 0.267. The summed E-state index contributed by atoms with van der Waals surface area (Å²) in [6.45, 7) is 1.81. The van der Waals surface area contributed by atoms with Crippen molar-refractivity contribution < 1.29 is 19.1 Å². The summed E-state index contributed by atoms with van der Waals surface area (Å²) in [6, 6.07) is 10.7. The molecule has 0 aliphatic rings. The summed E-state index contributed by atoms with van der Waals surface area (Å²) < 4.78 is 11.0. The lowest BCUT2D eigenvalue weighted by Gasteiger charge is -2.16. The summed E-state index contributed by atoms with van der Waals surface area (Å²) >= 11 is 0. The van der Waals surface area contributed by atoms with Crippen LogP contribution in [0.4, 0.5) is 5.69 Å². The van der Waals surface area contributed by atoms with Crippen molar-refractivity contribution in [2.24, 2.45) is 0 Å². The third kappa shape index (κ3) is 3.12. The first-order valence-electron chi connectivity index (χ1n) is 6.24. The van der Waals surface area contributed by atoms with Gasteiger partial charge in [0.15, 0.2) is 6.10 Å². The Morgan fingerprint density at radius 2 is 2.05 bits per heavy atom. The molecule has 5 heteroatoms. The average molecular weight is 275 g/mol. The monoisotopic (exact) mass is 275 g/mol. The molecule has 1 aromatic carbocycles. The van der Waals surface area contributed by atoms with Crippen LogP contribution in [-0.2, 0) is 0 Å². The van der Waals surface area contributed by atoms with Crippen LogP contribution in [0.1, 0.15) is 29.3 Å². The summed E-state index contributed by atoms with van der Waals surface area (Å²) in [5.74, 6) is 0.0187. The maximum atomic E-state index is 10.8. The first-order chi connectivity index (χ1) is 9.47. The molecule has 1 heterocycles. The van der Waals surface area contributed by atoms with Crippen LogP contribution in [0.15, 0.2) is 40.8 Å². The molecule has 0 bridgehead atoms. The van der Waals surface area contributed by atoms with Crippen LogP contribution in [0.3, 0.4) is 0 Å². The number of benzene rings is 1. The molecule has 0 aliphatic heterocycles. The zero-order chi connectivity index (χ0) is 14.7. The molecular formula is C15H17NO4. The Bertz CT molecular complexity index is 603. The highest BCUT2D eigenvalue weighted by atomic mass is 16.5. The lowest BCUT2D eigenvalue weighted by atomic mass is 10.2. The minimum absolute atomic E-state index is 0.0857. The number of furan rings is 1. The fourth-order valence-electron chi connectivity index (χ4n) is 1.78. The van der Waals surface area contributed by atoms with Gasteiger partial charge in [-0.15, -0.1) is 0 Å². The Morgan fingerprint density at radius 1 is 1.30 bits per heavy atom. The highest BCUT2D eigenvalue weighted by Crippen LogP contribution is 2.26. The van der Waals surface area contributed by atoms with Crippen molar-refractivity contribution in [2.75, 3.05) is 19.0 Å². The molecule has 0 saturated heterocycles. The van der Waals surface area contributed by atoms with Gasteiger partial charge in [-0.25, -0.2) is 4.79 Å². The zero-order valence-electron chi connectivity index (χ0n) is 11.7. The van der Waals surface area contributed by atoms with Gasteiger partial charge in [-0.2, -0.15) is 0 Å². The Labute approximate surface area is 117 Å². The van der Waals surface area contributed by atoms with Gasteiger partial charge in [0.05, 0.1) is 0 Å². The number of carboxylic acids is 1. The van der Waals surface area contributed by atoms with Crippen LogP contribution in [0, 0.1) is 0 Å². The molecule has 20 heavy (non-hydrogen) atoms. The van der Waals surface area contributed by atoms with E-state index in [9.17, 15) is 4.79 Å². The van der Waals surface area contributed by atoms with Crippen molar-refractivity contribution >= 4 is 11.7 Å². The largest absolute Gasteiger partial charge is 0.483 e. The van der Waals surface area contributed by atoms with E-state index in [0.717, 1.165) is 5.69 Å². The van der Waals surface area contributed by atoms with Crippen molar-refractivity contribution in [2.45, 2.75) is 13.0 Å². The minimum atomic E-state index is -1.09. The van der Waals surface area contributed by atoms with Crippen LogP contribution in [0.5, 0.6) is 5.75 Å². The van der Waals surface area contributed by atoms with E-state index in [-0.39, 0.29) is 11.9 Å². The number of nitrogens with zero attached hydrogens (tertiary/aromatic N) is 1. The van der Waals surface area contributed by atoms with E-state index in [1.807, 2.05) is 50.2 Å². The number of carbonyl (C=O) groups is 1. The van der Waals surface area contributed by atoms with Crippen LogP contribution in [-0.4, -0.2) is 25.2 Å². The van der Waals surface area contributed by atoms with Crippen molar-refractivity contribution in [3.05, 3.63) is 47.9 Å². The number of aromatic carboxylic acids is 1.